The van der Waals surface area contributed by atoms with Crippen molar-refractivity contribution in [1.82, 2.24) is 9.97 Å². The standard InChI is InChI=1S/C11H18F3N5O/c1-6(2)7(5-20-3)16-8-4-9(19-15)18-10(17-8)11(12,13)14/h4,6-7H,5,15H2,1-3H3,(H2,16,17,18,19). The van der Waals surface area contributed by atoms with Crippen molar-refractivity contribution in [2.75, 3.05) is 24.5 Å². The van der Waals surface area contributed by atoms with E-state index in [1.165, 1.54) is 13.2 Å². The number of nitrogens with one attached hydrogen (secondary N) is 2. The topological polar surface area (TPSA) is 85.1 Å². The normalized spacial score (nSPS) is 13.4. The van der Waals surface area contributed by atoms with Gasteiger partial charge in [0.05, 0.1) is 12.6 Å². The second-order valence-electron chi connectivity index (χ2n) is 4.55. The molecule has 0 spiro atoms. The molecule has 4 N–H and O–H groups in total. The number of rotatable bonds is 6. The summed E-state index contributed by atoms with van der Waals surface area (Å²) in [6, 6.07) is 1.13. The fourth-order valence-corrected chi connectivity index (χ4v) is 1.49. The third-order valence-corrected chi connectivity index (χ3v) is 2.61. The Bertz CT molecular complexity index is 439. The molecule has 114 valence electrons. The first-order valence-electron chi connectivity index (χ1n) is 5.96. The lowest BCUT2D eigenvalue weighted by Crippen LogP contribution is -2.31. The van der Waals surface area contributed by atoms with Crippen LogP contribution in [-0.4, -0.2) is 29.7 Å². The molecule has 6 nitrogen and oxygen atoms in total. The van der Waals surface area contributed by atoms with E-state index < -0.39 is 12.0 Å². The Morgan fingerprint density at radius 2 is 1.90 bits per heavy atom. The van der Waals surface area contributed by atoms with Crippen molar-refractivity contribution in [1.29, 1.82) is 0 Å². The average Bonchev–Trinajstić information content (AvgIpc) is 2.36. The van der Waals surface area contributed by atoms with Crippen LogP contribution in [0.25, 0.3) is 0 Å². The number of nitrogens with zero attached hydrogens (tertiary/aromatic N) is 2. The van der Waals surface area contributed by atoms with Gasteiger partial charge < -0.3 is 15.5 Å². The Hall–Kier alpha value is -1.61. The molecule has 0 bridgehead atoms. The smallest absolute Gasteiger partial charge is 0.383 e. The largest absolute Gasteiger partial charge is 0.451 e. The van der Waals surface area contributed by atoms with Crippen LogP contribution in [0.15, 0.2) is 6.07 Å². The maximum Gasteiger partial charge on any atom is 0.451 e. The van der Waals surface area contributed by atoms with Gasteiger partial charge in [0.1, 0.15) is 11.6 Å². The molecule has 0 aliphatic rings. The number of alkyl halides is 3. The lowest BCUT2D eigenvalue weighted by Gasteiger charge is -2.22. The van der Waals surface area contributed by atoms with Crippen LogP contribution in [0.4, 0.5) is 24.8 Å². The van der Waals surface area contributed by atoms with E-state index in [2.05, 4.69) is 20.7 Å². The highest BCUT2D eigenvalue weighted by atomic mass is 19.4. The van der Waals surface area contributed by atoms with E-state index in [0.29, 0.717) is 6.61 Å². The third kappa shape index (κ3) is 4.49. The zero-order valence-electron chi connectivity index (χ0n) is 11.5. The first-order valence-corrected chi connectivity index (χ1v) is 5.96. The molecule has 1 aromatic heterocycles. The summed E-state index contributed by atoms with van der Waals surface area (Å²) in [7, 11) is 1.52. The number of nitrogen functional groups attached to an aromatic ring is 1. The fourth-order valence-electron chi connectivity index (χ4n) is 1.49. The molecule has 1 heterocycles. The predicted octanol–water partition coefficient (Wildman–Crippen LogP) is 1.86. The molecule has 1 aromatic rings. The predicted molar refractivity (Wildman–Crippen MR) is 69.0 cm³/mol. The van der Waals surface area contributed by atoms with Gasteiger partial charge in [-0.2, -0.15) is 13.2 Å². The Balaban J connectivity index is 3.04. The Morgan fingerprint density at radius 1 is 1.30 bits per heavy atom. The number of anilines is 2. The van der Waals surface area contributed by atoms with Crippen molar-refractivity contribution in [2.45, 2.75) is 26.1 Å². The van der Waals surface area contributed by atoms with E-state index in [9.17, 15) is 13.2 Å². The number of hydrazine groups is 1. The number of aromatic nitrogens is 2. The number of hydrogen-bond donors (Lipinski definition) is 3. The minimum Gasteiger partial charge on any atom is -0.383 e. The second kappa shape index (κ2) is 6.71. The highest BCUT2D eigenvalue weighted by molar-refractivity contribution is 5.47. The van der Waals surface area contributed by atoms with Crippen molar-refractivity contribution in [2.24, 2.45) is 11.8 Å². The Kier molecular flexibility index (Phi) is 5.52. The molecule has 0 amide bonds. The molecule has 1 unspecified atom stereocenters. The molecule has 1 rings (SSSR count). The van der Waals surface area contributed by atoms with Gasteiger partial charge in [-0.25, -0.2) is 15.8 Å². The van der Waals surface area contributed by atoms with E-state index in [-0.39, 0.29) is 23.6 Å². The molecule has 0 aromatic carbocycles. The molecular weight excluding hydrogens is 275 g/mol. The number of hydrogen-bond acceptors (Lipinski definition) is 6. The van der Waals surface area contributed by atoms with Gasteiger partial charge in [-0.1, -0.05) is 13.8 Å². The summed E-state index contributed by atoms with van der Waals surface area (Å²) >= 11 is 0. The number of halogens is 3. The van der Waals surface area contributed by atoms with Gasteiger partial charge in [-0.05, 0) is 5.92 Å². The molecule has 0 aliphatic heterocycles. The maximum absolute atomic E-state index is 12.7. The van der Waals surface area contributed by atoms with E-state index in [0.717, 1.165) is 0 Å². The second-order valence-corrected chi connectivity index (χ2v) is 4.55. The van der Waals surface area contributed by atoms with Gasteiger partial charge in [-0.3, -0.25) is 0 Å². The number of nitrogens with two attached hydrogens (primary N) is 1. The summed E-state index contributed by atoms with van der Waals surface area (Å²) in [4.78, 5) is 6.74. The first-order chi connectivity index (χ1) is 9.27. The number of ether oxygens (including phenoxy) is 1. The molecule has 0 saturated carbocycles. The van der Waals surface area contributed by atoms with E-state index in [4.69, 9.17) is 10.6 Å². The van der Waals surface area contributed by atoms with Crippen LogP contribution in [0.2, 0.25) is 0 Å². The van der Waals surface area contributed by atoms with Gasteiger partial charge >= 0.3 is 6.18 Å². The van der Waals surface area contributed by atoms with Gasteiger partial charge in [0.25, 0.3) is 0 Å². The molecule has 0 aliphatic carbocycles. The van der Waals surface area contributed by atoms with Crippen LogP contribution >= 0.6 is 0 Å². The van der Waals surface area contributed by atoms with Crippen LogP contribution in [0, 0.1) is 5.92 Å². The van der Waals surface area contributed by atoms with Crippen molar-refractivity contribution in [3.05, 3.63) is 11.9 Å². The Labute approximate surface area is 114 Å². The van der Waals surface area contributed by atoms with Crippen molar-refractivity contribution < 1.29 is 17.9 Å². The zero-order valence-corrected chi connectivity index (χ0v) is 11.5. The summed E-state index contributed by atoms with van der Waals surface area (Å²) in [5.41, 5.74) is 2.09. The molecule has 20 heavy (non-hydrogen) atoms. The summed E-state index contributed by atoms with van der Waals surface area (Å²) in [6.07, 6.45) is -4.64. The minimum absolute atomic E-state index is 0.0380. The lowest BCUT2D eigenvalue weighted by atomic mass is 10.1. The van der Waals surface area contributed by atoms with Gasteiger partial charge in [0.15, 0.2) is 0 Å². The van der Waals surface area contributed by atoms with Crippen molar-refractivity contribution in [3.8, 4) is 0 Å². The molecule has 0 saturated heterocycles. The fraction of sp³-hybridized carbons (Fsp3) is 0.636. The summed E-state index contributed by atoms with van der Waals surface area (Å²) in [6.45, 7) is 4.18. The highest BCUT2D eigenvalue weighted by Gasteiger charge is 2.35. The molecule has 0 fully saturated rings. The molecule has 9 heteroatoms. The van der Waals surface area contributed by atoms with Gasteiger partial charge in [0.2, 0.25) is 5.82 Å². The van der Waals surface area contributed by atoms with Crippen molar-refractivity contribution in [3.63, 3.8) is 0 Å². The van der Waals surface area contributed by atoms with E-state index >= 15 is 0 Å². The van der Waals surface area contributed by atoms with Crippen molar-refractivity contribution >= 4 is 11.6 Å². The third-order valence-electron chi connectivity index (χ3n) is 2.61. The summed E-state index contributed by atoms with van der Waals surface area (Å²) in [5, 5.41) is 2.89. The Morgan fingerprint density at radius 3 is 2.35 bits per heavy atom. The van der Waals surface area contributed by atoms with Crippen LogP contribution in [0.5, 0.6) is 0 Å². The summed E-state index contributed by atoms with van der Waals surface area (Å²) in [5.74, 6) is 3.93. The van der Waals surface area contributed by atoms with E-state index in [1.807, 2.05) is 13.8 Å². The van der Waals surface area contributed by atoms with Crippen LogP contribution in [-0.2, 0) is 10.9 Å². The number of methoxy groups -OCH3 is 1. The molecule has 1 atom stereocenters. The van der Waals surface area contributed by atoms with Gasteiger partial charge in [0, 0.05) is 13.2 Å². The highest BCUT2D eigenvalue weighted by Crippen LogP contribution is 2.28. The summed E-state index contributed by atoms with van der Waals surface area (Å²) < 4.78 is 43.1. The minimum atomic E-state index is -4.64. The zero-order chi connectivity index (χ0) is 15.3. The molecule has 0 radical (unpaired) electrons. The van der Waals surface area contributed by atoms with Gasteiger partial charge in [-0.15, -0.1) is 0 Å². The average molecular weight is 293 g/mol. The quantitative estimate of drug-likeness (QED) is 0.548. The monoisotopic (exact) mass is 293 g/mol. The van der Waals surface area contributed by atoms with Crippen LogP contribution < -0.4 is 16.6 Å². The molecular formula is C11H18F3N5O. The van der Waals surface area contributed by atoms with Crippen LogP contribution in [0.3, 0.4) is 0 Å². The SMILES string of the molecule is COCC(Nc1cc(NN)nc(C(F)(F)F)n1)C(C)C. The first kappa shape index (κ1) is 16.4. The van der Waals surface area contributed by atoms with Crippen LogP contribution in [0.1, 0.15) is 19.7 Å². The maximum atomic E-state index is 12.7. The lowest BCUT2D eigenvalue weighted by molar-refractivity contribution is -0.144. The van der Waals surface area contributed by atoms with E-state index in [1.54, 1.807) is 0 Å².